The Morgan fingerprint density at radius 3 is 2.48 bits per heavy atom. The fourth-order valence-electron chi connectivity index (χ4n) is 3.65. The van der Waals surface area contributed by atoms with E-state index in [1.807, 2.05) is 35.9 Å². The number of nitrogens with one attached hydrogen (secondary N) is 1. The van der Waals surface area contributed by atoms with Crippen molar-refractivity contribution in [3.05, 3.63) is 58.8 Å². The molecule has 0 radical (unpaired) electrons. The van der Waals surface area contributed by atoms with E-state index in [2.05, 4.69) is 33.0 Å². The third-order valence-electron chi connectivity index (χ3n) is 4.96. The molecule has 4 rings (SSSR count). The molecule has 0 unspecified atom stereocenters. The van der Waals surface area contributed by atoms with Crippen LogP contribution in [0.1, 0.15) is 35.8 Å². The first kappa shape index (κ1) is 16.2. The van der Waals surface area contributed by atoms with Gasteiger partial charge in [0.15, 0.2) is 0 Å². The molecule has 0 amide bonds. The normalized spacial score (nSPS) is 15.7. The topological polar surface area (TPSA) is 49.7 Å². The zero-order valence-corrected chi connectivity index (χ0v) is 15.3. The molecule has 0 aliphatic carbocycles. The maximum Gasteiger partial charge on any atom is 0.132 e. The number of aromatic amines is 1. The average Bonchev–Trinajstić information content (AvgIpc) is 3.21. The predicted octanol–water partition coefficient (Wildman–Crippen LogP) is 4.25. The van der Waals surface area contributed by atoms with Crippen molar-refractivity contribution in [2.24, 2.45) is 0 Å². The standard InChI is InChI=1S/C19H22ClN5/c1-13-11-18(25(23-13)17-5-3-16(20)4-6-17)24-9-7-15(8-10-24)19-14(2)21-12-22-19/h3-6,11-12,15H,7-10H2,1-2H3,(H,21,22). The van der Waals surface area contributed by atoms with Crippen LogP contribution in [0.4, 0.5) is 5.82 Å². The summed E-state index contributed by atoms with van der Waals surface area (Å²) in [6.45, 7) is 6.16. The van der Waals surface area contributed by atoms with Crippen LogP contribution in [0, 0.1) is 13.8 Å². The average molecular weight is 356 g/mol. The van der Waals surface area contributed by atoms with Crippen LogP contribution in [0.5, 0.6) is 0 Å². The molecule has 3 heterocycles. The van der Waals surface area contributed by atoms with Gasteiger partial charge in [-0.3, -0.25) is 0 Å². The van der Waals surface area contributed by atoms with Gasteiger partial charge in [-0.1, -0.05) is 11.6 Å². The molecule has 1 fully saturated rings. The zero-order valence-electron chi connectivity index (χ0n) is 14.5. The van der Waals surface area contributed by atoms with Gasteiger partial charge in [0.25, 0.3) is 0 Å². The molecule has 130 valence electrons. The first-order chi connectivity index (χ1) is 12.1. The van der Waals surface area contributed by atoms with Gasteiger partial charge in [-0.15, -0.1) is 0 Å². The first-order valence-electron chi connectivity index (χ1n) is 8.69. The number of aryl methyl sites for hydroxylation is 2. The quantitative estimate of drug-likeness (QED) is 0.764. The van der Waals surface area contributed by atoms with Crippen LogP contribution in [0.15, 0.2) is 36.7 Å². The molecule has 1 aliphatic heterocycles. The Morgan fingerprint density at radius 2 is 1.84 bits per heavy atom. The number of hydrogen-bond donors (Lipinski definition) is 1. The summed E-state index contributed by atoms with van der Waals surface area (Å²) in [6, 6.07) is 10.00. The van der Waals surface area contributed by atoms with Crippen LogP contribution in [-0.2, 0) is 0 Å². The Kier molecular flexibility index (Phi) is 4.25. The smallest absolute Gasteiger partial charge is 0.132 e. The monoisotopic (exact) mass is 355 g/mol. The number of imidazole rings is 1. The molecule has 6 heteroatoms. The van der Waals surface area contributed by atoms with E-state index < -0.39 is 0 Å². The SMILES string of the molecule is Cc1cc(N2CCC(c3nc[nH]c3C)CC2)n(-c2ccc(Cl)cc2)n1. The van der Waals surface area contributed by atoms with Crippen molar-refractivity contribution in [2.45, 2.75) is 32.6 Å². The molecule has 0 spiro atoms. The Balaban J connectivity index is 1.55. The minimum Gasteiger partial charge on any atom is -0.356 e. The zero-order chi connectivity index (χ0) is 17.4. The van der Waals surface area contributed by atoms with Gasteiger partial charge in [0.05, 0.1) is 23.4 Å². The van der Waals surface area contributed by atoms with E-state index in [0.717, 1.165) is 48.2 Å². The van der Waals surface area contributed by atoms with E-state index in [4.69, 9.17) is 11.6 Å². The molecule has 0 atom stereocenters. The van der Waals surface area contributed by atoms with Crippen molar-refractivity contribution in [2.75, 3.05) is 18.0 Å². The summed E-state index contributed by atoms with van der Waals surface area (Å²) in [5.74, 6) is 1.69. The molecule has 1 aliphatic rings. The van der Waals surface area contributed by atoms with Crippen LogP contribution in [0.25, 0.3) is 5.69 Å². The van der Waals surface area contributed by atoms with Gasteiger partial charge in [-0.25, -0.2) is 9.67 Å². The molecule has 1 N–H and O–H groups in total. The van der Waals surface area contributed by atoms with Gasteiger partial charge in [-0.2, -0.15) is 5.10 Å². The van der Waals surface area contributed by atoms with Crippen molar-refractivity contribution >= 4 is 17.4 Å². The molecule has 25 heavy (non-hydrogen) atoms. The fraction of sp³-hybridized carbons (Fsp3) is 0.368. The lowest BCUT2D eigenvalue weighted by Gasteiger charge is -2.33. The van der Waals surface area contributed by atoms with Crippen molar-refractivity contribution in [1.82, 2.24) is 19.7 Å². The van der Waals surface area contributed by atoms with E-state index >= 15 is 0 Å². The third-order valence-corrected chi connectivity index (χ3v) is 5.21. The van der Waals surface area contributed by atoms with E-state index in [1.54, 1.807) is 6.33 Å². The van der Waals surface area contributed by atoms with Gasteiger partial charge in [-0.05, 0) is 51.0 Å². The van der Waals surface area contributed by atoms with Crippen molar-refractivity contribution < 1.29 is 0 Å². The lowest BCUT2D eigenvalue weighted by molar-refractivity contribution is 0.490. The largest absolute Gasteiger partial charge is 0.356 e. The minimum absolute atomic E-state index is 0.538. The maximum atomic E-state index is 6.02. The molecule has 1 saturated heterocycles. The van der Waals surface area contributed by atoms with Crippen molar-refractivity contribution in [3.63, 3.8) is 0 Å². The van der Waals surface area contributed by atoms with E-state index in [-0.39, 0.29) is 0 Å². The summed E-state index contributed by atoms with van der Waals surface area (Å²) in [6.07, 6.45) is 4.02. The summed E-state index contributed by atoms with van der Waals surface area (Å²) in [7, 11) is 0. The fourth-order valence-corrected chi connectivity index (χ4v) is 3.77. The molecular formula is C19H22ClN5. The Hall–Kier alpha value is -2.27. The Bertz CT molecular complexity index is 856. The van der Waals surface area contributed by atoms with Gasteiger partial charge in [0, 0.05) is 35.8 Å². The van der Waals surface area contributed by atoms with Crippen LogP contribution in [-0.4, -0.2) is 32.8 Å². The molecule has 3 aromatic rings. The molecule has 0 saturated carbocycles. The minimum atomic E-state index is 0.538. The number of aromatic nitrogens is 4. The second-order valence-electron chi connectivity index (χ2n) is 6.71. The van der Waals surface area contributed by atoms with E-state index in [1.165, 1.54) is 11.4 Å². The van der Waals surface area contributed by atoms with Gasteiger partial charge >= 0.3 is 0 Å². The summed E-state index contributed by atoms with van der Waals surface area (Å²) < 4.78 is 2.02. The Morgan fingerprint density at radius 1 is 1.12 bits per heavy atom. The van der Waals surface area contributed by atoms with Crippen molar-refractivity contribution in [1.29, 1.82) is 0 Å². The molecule has 1 aromatic carbocycles. The highest BCUT2D eigenvalue weighted by molar-refractivity contribution is 6.30. The molecule has 0 bridgehead atoms. The number of H-pyrrole nitrogens is 1. The van der Waals surface area contributed by atoms with Crippen LogP contribution in [0.2, 0.25) is 5.02 Å². The van der Waals surface area contributed by atoms with Gasteiger partial charge < -0.3 is 9.88 Å². The number of halogens is 1. The first-order valence-corrected chi connectivity index (χ1v) is 9.07. The predicted molar refractivity (Wildman–Crippen MR) is 101 cm³/mol. The number of anilines is 1. The van der Waals surface area contributed by atoms with E-state index in [9.17, 15) is 0 Å². The molecular weight excluding hydrogens is 334 g/mol. The second-order valence-corrected chi connectivity index (χ2v) is 7.14. The van der Waals surface area contributed by atoms with Gasteiger partial charge in [0.1, 0.15) is 5.82 Å². The summed E-state index contributed by atoms with van der Waals surface area (Å²) in [5.41, 5.74) is 4.48. The summed E-state index contributed by atoms with van der Waals surface area (Å²) >= 11 is 6.02. The number of rotatable bonds is 3. The van der Waals surface area contributed by atoms with Crippen LogP contribution in [0.3, 0.4) is 0 Å². The highest BCUT2D eigenvalue weighted by Crippen LogP contribution is 2.32. The Labute approximate surface area is 152 Å². The van der Waals surface area contributed by atoms with Crippen LogP contribution >= 0.6 is 11.6 Å². The number of piperidine rings is 1. The third kappa shape index (κ3) is 3.16. The number of nitrogens with zero attached hydrogens (tertiary/aromatic N) is 4. The second kappa shape index (κ2) is 6.56. The highest BCUT2D eigenvalue weighted by Gasteiger charge is 2.25. The lowest BCUT2D eigenvalue weighted by Crippen LogP contribution is -2.34. The van der Waals surface area contributed by atoms with Gasteiger partial charge in [0.2, 0.25) is 0 Å². The summed E-state index contributed by atoms with van der Waals surface area (Å²) in [4.78, 5) is 10.1. The van der Waals surface area contributed by atoms with Crippen molar-refractivity contribution in [3.8, 4) is 5.69 Å². The summed E-state index contributed by atoms with van der Waals surface area (Å²) in [5, 5.41) is 5.42. The maximum absolute atomic E-state index is 6.02. The van der Waals surface area contributed by atoms with E-state index in [0.29, 0.717) is 5.92 Å². The van der Waals surface area contributed by atoms with Crippen LogP contribution < -0.4 is 4.90 Å². The lowest BCUT2D eigenvalue weighted by atomic mass is 9.92. The number of hydrogen-bond acceptors (Lipinski definition) is 3. The molecule has 5 nitrogen and oxygen atoms in total. The number of benzene rings is 1. The highest BCUT2D eigenvalue weighted by atomic mass is 35.5. The molecule has 2 aromatic heterocycles.